The van der Waals surface area contributed by atoms with Crippen LogP contribution in [0.4, 0.5) is 8.78 Å². The fourth-order valence-corrected chi connectivity index (χ4v) is 2.69. The van der Waals surface area contributed by atoms with Gasteiger partial charge >= 0.3 is 0 Å². The third kappa shape index (κ3) is 5.59. The van der Waals surface area contributed by atoms with Gasteiger partial charge in [-0.15, -0.1) is 0 Å². The lowest BCUT2D eigenvalue weighted by atomic mass is 9.89. The summed E-state index contributed by atoms with van der Waals surface area (Å²) in [7, 11) is 0. The molecule has 1 heterocycles. The molecule has 0 aromatic rings. The Balaban J connectivity index is 2.43. The van der Waals surface area contributed by atoms with Gasteiger partial charge in [-0.25, -0.2) is 8.78 Å². The molecule has 0 aliphatic carbocycles. The number of nitrogens with one attached hydrogen (secondary N) is 1. The lowest BCUT2D eigenvalue weighted by Crippen LogP contribution is -2.50. The Morgan fingerprint density at radius 2 is 2.06 bits per heavy atom. The second-order valence-electron chi connectivity index (χ2n) is 5.25. The van der Waals surface area contributed by atoms with E-state index in [4.69, 9.17) is 0 Å². The van der Waals surface area contributed by atoms with Gasteiger partial charge in [0, 0.05) is 19.1 Å². The van der Waals surface area contributed by atoms with E-state index in [0.717, 1.165) is 38.9 Å². The third-order valence-electron chi connectivity index (χ3n) is 3.70. The average Bonchev–Trinajstić information content (AvgIpc) is 2.35. The third-order valence-corrected chi connectivity index (χ3v) is 3.70. The summed E-state index contributed by atoms with van der Waals surface area (Å²) in [5, 5.41) is 12.6. The minimum atomic E-state index is -2.29. The molecule has 0 aromatic heterocycles. The average molecular weight is 264 g/mol. The number of likely N-dealkylation sites (tertiary alicyclic amines) is 1. The van der Waals surface area contributed by atoms with Gasteiger partial charge < -0.3 is 15.3 Å². The van der Waals surface area contributed by atoms with Crippen molar-refractivity contribution >= 4 is 0 Å². The zero-order chi connectivity index (χ0) is 13.5. The molecule has 1 saturated heterocycles. The highest BCUT2D eigenvalue weighted by atomic mass is 19.3. The summed E-state index contributed by atoms with van der Waals surface area (Å²) in [6, 6.07) is 0.127. The van der Waals surface area contributed by atoms with Crippen LogP contribution in [0.5, 0.6) is 0 Å². The molecule has 0 amide bonds. The van der Waals surface area contributed by atoms with Crippen LogP contribution in [0.25, 0.3) is 0 Å². The van der Waals surface area contributed by atoms with Crippen LogP contribution in [0.1, 0.15) is 33.1 Å². The molecule has 5 heteroatoms. The Hall–Kier alpha value is -0.260. The van der Waals surface area contributed by atoms with E-state index in [-0.39, 0.29) is 18.7 Å². The number of hydrogen-bond acceptors (Lipinski definition) is 3. The minimum absolute atomic E-state index is 0.127. The number of alkyl halides is 2. The van der Waals surface area contributed by atoms with Gasteiger partial charge in [0.25, 0.3) is 6.43 Å². The maximum absolute atomic E-state index is 12.2. The zero-order valence-corrected chi connectivity index (χ0v) is 11.4. The van der Waals surface area contributed by atoms with Crippen LogP contribution < -0.4 is 5.32 Å². The highest BCUT2D eigenvalue weighted by Crippen LogP contribution is 2.22. The molecule has 0 aromatic carbocycles. The van der Waals surface area contributed by atoms with Crippen molar-refractivity contribution in [2.75, 3.05) is 26.2 Å². The first-order chi connectivity index (χ1) is 8.55. The van der Waals surface area contributed by atoms with Crippen LogP contribution >= 0.6 is 0 Å². The summed E-state index contributed by atoms with van der Waals surface area (Å²) in [5.41, 5.74) is 0. The molecule has 108 valence electrons. The number of piperidine rings is 1. The van der Waals surface area contributed by atoms with Crippen LogP contribution in [-0.2, 0) is 0 Å². The molecule has 1 rings (SSSR count). The molecule has 0 saturated carbocycles. The van der Waals surface area contributed by atoms with Crippen LogP contribution in [0.15, 0.2) is 0 Å². The summed E-state index contributed by atoms with van der Waals surface area (Å²) < 4.78 is 24.4. The highest BCUT2D eigenvalue weighted by Gasteiger charge is 2.27. The quantitative estimate of drug-likeness (QED) is 0.735. The standard InChI is InChI=1S/C13H26F2N2O/c1-3-12(18)6-10-5-11(16-7-13(14)15)9-17(4-2)8-10/h10-13,16,18H,3-9H2,1-2H3. The van der Waals surface area contributed by atoms with E-state index in [1.54, 1.807) is 0 Å². The number of rotatable bonds is 7. The molecular weight excluding hydrogens is 238 g/mol. The van der Waals surface area contributed by atoms with Gasteiger partial charge in [0.2, 0.25) is 0 Å². The summed E-state index contributed by atoms with van der Waals surface area (Å²) in [6.07, 6.45) is -0.123. The summed E-state index contributed by atoms with van der Waals surface area (Å²) in [4.78, 5) is 2.28. The highest BCUT2D eigenvalue weighted by molar-refractivity contribution is 4.84. The molecule has 0 spiro atoms. The zero-order valence-electron chi connectivity index (χ0n) is 11.4. The van der Waals surface area contributed by atoms with Gasteiger partial charge in [-0.05, 0) is 31.7 Å². The van der Waals surface area contributed by atoms with Crippen molar-refractivity contribution in [2.24, 2.45) is 5.92 Å². The minimum Gasteiger partial charge on any atom is -0.393 e. The van der Waals surface area contributed by atoms with E-state index in [9.17, 15) is 13.9 Å². The number of nitrogens with zero attached hydrogens (tertiary/aromatic N) is 1. The maximum atomic E-state index is 12.2. The Morgan fingerprint density at radius 1 is 1.33 bits per heavy atom. The van der Waals surface area contributed by atoms with E-state index in [1.165, 1.54) is 0 Å². The Bertz CT molecular complexity index is 227. The predicted octanol–water partition coefficient (Wildman–Crippen LogP) is 1.71. The molecule has 3 atom stereocenters. The van der Waals surface area contributed by atoms with Gasteiger partial charge in [-0.1, -0.05) is 13.8 Å². The number of aliphatic hydroxyl groups excluding tert-OH is 1. The molecule has 0 bridgehead atoms. The molecule has 2 N–H and O–H groups in total. The first-order valence-electron chi connectivity index (χ1n) is 6.97. The van der Waals surface area contributed by atoms with Gasteiger partial charge in [0.05, 0.1) is 12.6 Å². The Kier molecular flexibility index (Phi) is 7.04. The first-order valence-corrected chi connectivity index (χ1v) is 6.97. The molecule has 0 radical (unpaired) electrons. The van der Waals surface area contributed by atoms with Crippen molar-refractivity contribution in [3.63, 3.8) is 0 Å². The van der Waals surface area contributed by atoms with E-state index in [0.29, 0.717) is 5.92 Å². The summed E-state index contributed by atoms with van der Waals surface area (Å²) >= 11 is 0. The van der Waals surface area contributed by atoms with Crippen molar-refractivity contribution in [3.8, 4) is 0 Å². The Labute approximate surface area is 109 Å². The topological polar surface area (TPSA) is 35.5 Å². The van der Waals surface area contributed by atoms with E-state index in [1.807, 2.05) is 6.92 Å². The normalized spacial score (nSPS) is 27.7. The van der Waals surface area contributed by atoms with Gasteiger partial charge in [0.1, 0.15) is 0 Å². The molecule has 1 aliphatic heterocycles. The number of hydrogen-bond donors (Lipinski definition) is 2. The monoisotopic (exact) mass is 264 g/mol. The van der Waals surface area contributed by atoms with Crippen molar-refractivity contribution in [1.82, 2.24) is 10.2 Å². The fourth-order valence-electron chi connectivity index (χ4n) is 2.69. The first kappa shape index (κ1) is 15.8. The molecule has 3 unspecified atom stereocenters. The van der Waals surface area contributed by atoms with E-state index < -0.39 is 6.43 Å². The Morgan fingerprint density at radius 3 is 2.61 bits per heavy atom. The molecule has 1 aliphatic rings. The maximum Gasteiger partial charge on any atom is 0.250 e. The van der Waals surface area contributed by atoms with Crippen molar-refractivity contribution in [1.29, 1.82) is 0 Å². The number of aliphatic hydroxyl groups is 1. The van der Waals surface area contributed by atoms with E-state index in [2.05, 4.69) is 17.1 Å². The van der Waals surface area contributed by atoms with Gasteiger partial charge in [-0.3, -0.25) is 0 Å². The molecule has 18 heavy (non-hydrogen) atoms. The second kappa shape index (κ2) is 8.02. The lowest BCUT2D eigenvalue weighted by Gasteiger charge is -2.38. The van der Waals surface area contributed by atoms with Crippen LogP contribution in [0.2, 0.25) is 0 Å². The largest absolute Gasteiger partial charge is 0.393 e. The number of halogens is 2. The summed E-state index contributed by atoms with van der Waals surface area (Å²) in [6.45, 7) is 6.57. The smallest absolute Gasteiger partial charge is 0.250 e. The van der Waals surface area contributed by atoms with Gasteiger partial charge in [0.15, 0.2) is 0 Å². The lowest BCUT2D eigenvalue weighted by molar-refractivity contribution is 0.0777. The molecule has 1 fully saturated rings. The van der Waals surface area contributed by atoms with E-state index >= 15 is 0 Å². The SMILES string of the molecule is CCC(O)CC1CC(NCC(F)F)CN(CC)C1. The molecule has 3 nitrogen and oxygen atoms in total. The van der Waals surface area contributed by atoms with Crippen molar-refractivity contribution < 1.29 is 13.9 Å². The van der Waals surface area contributed by atoms with Crippen LogP contribution in [0.3, 0.4) is 0 Å². The summed E-state index contributed by atoms with van der Waals surface area (Å²) in [5.74, 6) is 0.406. The second-order valence-corrected chi connectivity index (χ2v) is 5.25. The predicted molar refractivity (Wildman–Crippen MR) is 68.9 cm³/mol. The fraction of sp³-hybridized carbons (Fsp3) is 1.00. The number of likely N-dealkylation sites (N-methyl/N-ethyl adjacent to an activating group) is 1. The van der Waals surface area contributed by atoms with Crippen LogP contribution in [0, 0.1) is 5.92 Å². The van der Waals surface area contributed by atoms with Crippen molar-refractivity contribution in [2.45, 2.75) is 51.7 Å². The van der Waals surface area contributed by atoms with Crippen LogP contribution in [-0.4, -0.2) is 54.8 Å². The van der Waals surface area contributed by atoms with Crippen molar-refractivity contribution in [3.05, 3.63) is 0 Å². The van der Waals surface area contributed by atoms with Gasteiger partial charge in [-0.2, -0.15) is 0 Å². The molecular formula is C13H26F2N2O.